The van der Waals surface area contributed by atoms with Gasteiger partial charge < -0.3 is 16.8 Å². The maximum Gasteiger partial charge on any atom is 0.248 e. The van der Waals surface area contributed by atoms with E-state index in [0.717, 1.165) is 0 Å². The smallest absolute Gasteiger partial charge is 0.248 e. The average Bonchev–Trinajstić information content (AvgIpc) is 2.74. The van der Waals surface area contributed by atoms with Crippen LogP contribution in [0, 0.1) is 0 Å². The second kappa shape index (κ2) is 5.17. The molecule has 0 radical (unpaired) electrons. The van der Waals surface area contributed by atoms with E-state index in [-0.39, 0.29) is 18.4 Å². The van der Waals surface area contributed by atoms with Crippen LogP contribution in [0.4, 0.5) is 11.6 Å². The third-order valence-corrected chi connectivity index (χ3v) is 2.29. The van der Waals surface area contributed by atoms with Gasteiger partial charge >= 0.3 is 0 Å². The molecule has 98 valence electrons. The number of carbonyl (C=O) groups excluding carboxylic acids is 2. The zero-order valence-corrected chi connectivity index (χ0v) is 9.91. The van der Waals surface area contributed by atoms with Crippen LogP contribution < -0.4 is 16.8 Å². The number of aromatic nitrogens is 3. The predicted molar refractivity (Wildman–Crippen MR) is 68.0 cm³/mol. The molecular formula is C11H12N6O2. The SMILES string of the molecule is NC(=O)c1cccc(NC(=O)Cn2cnc(N)n2)c1. The lowest BCUT2D eigenvalue weighted by Gasteiger charge is -2.06. The molecule has 0 unspecified atom stereocenters. The first-order valence-corrected chi connectivity index (χ1v) is 5.39. The van der Waals surface area contributed by atoms with Crippen LogP contribution in [0.15, 0.2) is 30.6 Å². The van der Waals surface area contributed by atoms with Gasteiger partial charge in [0.25, 0.3) is 0 Å². The molecule has 0 aliphatic heterocycles. The minimum atomic E-state index is -0.555. The minimum Gasteiger partial charge on any atom is -0.367 e. The first kappa shape index (κ1) is 12.6. The summed E-state index contributed by atoms with van der Waals surface area (Å²) in [6, 6.07) is 6.34. The predicted octanol–water partition coefficient (Wildman–Crippen LogP) is -0.402. The van der Waals surface area contributed by atoms with Crippen molar-refractivity contribution in [1.29, 1.82) is 0 Å². The summed E-state index contributed by atoms with van der Waals surface area (Å²) in [5.74, 6) is -0.768. The van der Waals surface area contributed by atoms with Crippen LogP contribution in [0.5, 0.6) is 0 Å². The van der Waals surface area contributed by atoms with Gasteiger partial charge in [-0.3, -0.25) is 9.59 Å². The van der Waals surface area contributed by atoms with Crippen LogP contribution in [-0.2, 0) is 11.3 Å². The summed E-state index contributed by atoms with van der Waals surface area (Å²) in [5.41, 5.74) is 11.3. The first-order chi connectivity index (χ1) is 9.04. The number of nitrogens with one attached hydrogen (secondary N) is 1. The number of benzene rings is 1. The maximum absolute atomic E-state index is 11.7. The Morgan fingerprint density at radius 3 is 2.79 bits per heavy atom. The number of nitrogens with zero attached hydrogens (tertiary/aromatic N) is 3. The van der Waals surface area contributed by atoms with Gasteiger partial charge in [0.1, 0.15) is 12.9 Å². The van der Waals surface area contributed by atoms with E-state index < -0.39 is 5.91 Å². The second-order valence-electron chi connectivity index (χ2n) is 3.79. The lowest BCUT2D eigenvalue weighted by molar-refractivity contribution is -0.116. The van der Waals surface area contributed by atoms with E-state index in [1.54, 1.807) is 18.2 Å². The number of nitrogens with two attached hydrogens (primary N) is 2. The Hall–Kier alpha value is -2.90. The van der Waals surface area contributed by atoms with Crippen LogP contribution in [-0.4, -0.2) is 26.6 Å². The Kier molecular flexibility index (Phi) is 3.42. The van der Waals surface area contributed by atoms with E-state index in [0.29, 0.717) is 11.3 Å². The Morgan fingerprint density at radius 2 is 2.16 bits per heavy atom. The lowest BCUT2D eigenvalue weighted by atomic mass is 10.2. The number of amides is 2. The average molecular weight is 260 g/mol. The molecule has 19 heavy (non-hydrogen) atoms. The van der Waals surface area contributed by atoms with Crippen molar-refractivity contribution >= 4 is 23.5 Å². The zero-order chi connectivity index (χ0) is 13.8. The fourth-order valence-corrected chi connectivity index (χ4v) is 1.48. The number of nitrogen functional groups attached to an aromatic ring is 1. The van der Waals surface area contributed by atoms with Crippen molar-refractivity contribution in [2.75, 3.05) is 11.1 Å². The van der Waals surface area contributed by atoms with Gasteiger partial charge in [-0.05, 0) is 18.2 Å². The van der Waals surface area contributed by atoms with Crippen LogP contribution >= 0.6 is 0 Å². The van der Waals surface area contributed by atoms with E-state index in [2.05, 4.69) is 15.4 Å². The molecule has 8 heteroatoms. The van der Waals surface area contributed by atoms with Gasteiger partial charge in [-0.15, -0.1) is 5.10 Å². The summed E-state index contributed by atoms with van der Waals surface area (Å²) in [4.78, 5) is 26.4. The van der Waals surface area contributed by atoms with Crippen molar-refractivity contribution < 1.29 is 9.59 Å². The van der Waals surface area contributed by atoms with Crippen molar-refractivity contribution in [2.24, 2.45) is 5.73 Å². The molecule has 1 aromatic heterocycles. The Labute approximate surface area is 108 Å². The zero-order valence-electron chi connectivity index (χ0n) is 9.91. The van der Waals surface area contributed by atoms with Crippen molar-refractivity contribution in [1.82, 2.24) is 14.8 Å². The molecule has 5 N–H and O–H groups in total. The van der Waals surface area contributed by atoms with E-state index in [1.165, 1.54) is 17.1 Å². The third kappa shape index (κ3) is 3.28. The van der Waals surface area contributed by atoms with Crippen LogP contribution in [0.2, 0.25) is 0 Å². The highest BCUT2D eigenvalue weighted by Gasteiger charge is 2.07. The number of carbonyl (C=O) groups is 2. The molecule has 0 aliphatic carbocycles. The molecule has 0 bridgehead atoms. The molecule has 0 aliphatic rings. The molecule has 0 spiro atoms. The standard InChI is InChI=1S/C11H12N6O2/c12-10(19)7-2-1-3-8(4-7)15-9(18)5-17-6-14-11(13)16-17/h1-4,6H,5H2,(H2,12,19)(H2,13,16)(H,15,18). The van der Waals surface area contributed by atoms with Crippen LogP contribution in [0.1, 0.15) is 10.4 Å². The van der Waals surface area contributed by atoms with E-state index in [1.807, 2.05) is 0 Å². The van der Waals surface area contributed by atoms with Crippen molar-refractivity contribution in [3.8, 4) is 0 Å². The molecular weight excluding hydrogens is 248 g/mol. The highest BCUT2D eigenvalue weighted by molar-refractivity contribution is 5.96. The van der Waals surface area contributed by atoms with Gasteiger partial charge in [0.05, 0.1) is 0 Å². The topological polar surface area (TPSA) is 129 Å². The summed E-state index contributed by atoms with van der Waals surface area (Å²) in [6.45, 7) is -0.0228. The number of anilines is 2. The molecule has 0 fully saturated rings. The highest BCUT2D eigenvalue weighted by Crippen LogP contribution is 2.10. The minimum absolute atomic E-state index is 0.0228. The lowest BCUT2D eigenvalue weighted by Crippen LogP contribution is -2.19. The van der Waals surface area contributed by atoms with Gasteiger partial charge in [0, 0.05) is 11.3 Å². The van der Waals surface area contributed by atoms with Gasteiger partial charge in [-0.2, -0.15) is 0 Å². The molecule has 0 atom stereocenters. The molecule has 2 rings (SSSR count). The van der Waals surface area contributed by atoms with Crippen molar-refractivity contribution in [3.05, 3.63) is 36.2 Å². The van der Waals surface area contributed by atoms with Gasteiger partial charge in [0.15, 0.2) is 0 Å². The quantitative estimate of drug-likeness (QED) is 0.688. The van der Waals surface area contributed by atoms with Crippen LogP contribution in [0.25, 0.3) is 0 Å². The van der Waals surface area contributed by atoms with Crippen LogP contribution in [0.3, 0.4) is 0 Å². The summed E-state index contributed by atoms with van der Waals surface area (Å²) < 4.78 is 1.31. The summed E-state index contributed by atoms with van der Waals surface area (Å²) in [6.07, 6.45) is 1.36. The third-order valence-electron chi connectivity index (χ3n) is 2.29. The van der Waals surface area contributed by atoms with Gasteiger partial charge in [-0.25, -0.2) is 9.67 Å². The second-order valence-corrected chi connectivity index (χ2v) is 3.79. The first-order valence-electron chi connectivity index (χ1n) is 5.39. The fourth-order valence-electron chi connectivity index (χ4n) is 1.48. The van der Waals surface area contributed by atoms with E-state index in [4.69, 9.17) is 11.5 Å². The summed E-state index contributed by atoms with van der Waals surface area (Å²) >= 11 is 0. The fraction of sp³-hybridized carbons (Fsp3) is 0.0909. The number of primary amides is 1. The van der Waals surface area contributed by atoms with E-state index in [9.17, 15) is 9.59 Å². The number of hydrogen-bond donors (Lipinski definition) is 3. The molecule has 0 saturated carbocycles. The molecule has 1 aromatic carbocycles. The number of rotatable bonds is 4. The Morgan fingerprint density at radius 1 is 1.37 bits per heavy atom. The molecule has 1 heterocycles. The normalized spacial score (nSPS) is 10.1. The van der Waals surface area contributed by atoms with Crippen molar-refractivity contribution in [2.45, 2.75) is 6.54 Å². The van der Waals surface area contributed by atoms with Crippen molar-refractivity contribution in [3.63, 3.8) is 0 Å². The molecule has 2 amide bonds. The Bertz CT molecular complexity index is 621. The van der Waals surface area contributed by atoms with E-state index >= 15 is 0 Å². The largest absolute Gasteiger partial charge is 0.367 e. The summed E-state index contributed by atoms with van der Waals surface area (Å²) in [5, 5.41) is 6.41. The number of hydrogen-bond acceptors (Lipinski definition) is 5. The molecule has 0 saturated heterocycles. The molecule has 8 nitrogen and oxygen atoms in total. The molecule has 2 aromatic rings. The van der Waals surface area contributed by atoms with Gasteiger partial charge in [-0.1, -0.05) is 6.07 Å². The monoisotopic (exact) mass is 260 g/mol. The van der Waals surface area contributed by atoms with Gasteiger partial charge in [0.2, 0.25) is 17.8 Å². The highest BCUT2D eigenvalue weighted by atomic mass is 16.2. The maximum atomic E-state index is 11.7. The Balaban J connectivity index is 2.02. The summed E-state index contributed by atoms with van der Waals surface area (Å²) in [7, 11) is 0.